The quantitative estimate of drug-likeness (QED) is 0.806. The van der Waals surface area contributed by atoms with E-state index in [2.05, 4.69) is 24.1 Å². The number of imidazole rings is 1. The van der Waals surface area contributed by atoms with Gasteiger partial charge in [0, 0.05) is 25.5 Å². The Bertz CT molecular complexity index is 423. The zero-order valence-electron chi connectivity index (χ0n) is 12.1. The minimum atomic E-state index is 0.172. The molecule has 1 aromatic rings. The number of rotatable bonds is 7. The predicted octanol–water partition coefficient (Wildman–Crippen LogP) is 1.25. The smallest absolute Gasteiger partial charge is 0.242 e. The first-order chi connectivity index (χ1) is 9.08. The lowest BCUT2D eigenvalue weighted by Gasteiger charge is -2.17. The number of likely N-dealkylation sites (N-methyl/N-ethyl adjacent to an activating group) is 1. The van der Waals surface area contributed by atoms with Crippen LogP contribution in [-0.4, -0.2) is 40.0 Å². The summed E-state index contributed by atoms with van der Waals surface area (Å²) in [5, 5.41) is 3.36. The number of nitrogens with one attached hydrogen (secondary N) is 1. The zero-order chi connectivity index (χ0) is 13.8. The fourth-order valence-electron chi connectivity index (χ4n) is 2.05. The number of aromatic nitrogens is 2. The van der Waals surface area contributed by atoms with Crippen LogP contribution in [0.25, 0.3) is 0 Å². The Hall–Kier alpha value is -1.36. The molecule has 0 radical (unpaired) electrons. The Morgan fingerprint density at radius 2 is 2.32 bits per heavy atom. The maximum absolute atomic E-state index is 12.1. The standard InChI is InChI=1S/C14H24N4O/c1-11(2)8-15-9-13-16-6-7-18(13)10-14(19)17(3)12-4-5-12/h6-7,11-12,15H,4-5,8-10H2,1-3H3. The van der Waals surface area contributed by atoms with Crippen molar-refractivity contribution in [2.75, 3.05) is 13.6 Å². The van der Waals surface area contributed by atoms with E-state index in [0.29, 0.717) is 25.0 Å². The lowest BCUT2D eigenvalue weighted by molar-refractivity contribution is -0.131. The predicted molar refractivity (Wildman–Crippen MR) is 74.6 cm³/mol. The van der Waals surface area contributed by atoms with Crippen molar-refractivity contribution < 1.29 is 4.79 Å². The van der Waals surface area contributed by atoms with Crippen molar-refractivity contribution in [2.45, 2.75) is 45.8 Å². The first-order valence-corrected chi connectivity index (χ1v) is 7.04. The molecule has 1 fully saturated rings. The molecule has 2 rings (SSSR count). The summed E-state index contributed by atoms with van der Waals surface area (Å²) in [6, 6.07) is 0.471. The third kappa shape index (κ3) is 4.06. The van der Waals surface area contributed by atoms with Crippen molar-refractivity contribution in [2.24, 2.45) is 5.92 Å². The van der Waals surface area contributed by atoms with E-state index in [1.807, 2.05) is 22.7 Å². The zero-order valence-corrected chi connectivity index (χ0v) is 12.1. The van der Waals surface area contributed by atoms with Gasteiger partial charge in [0.2, 0.25) is 5.91 Å². The maximum atomic E-state index is 12.1. The van der Waals surface area contributed by atoms with Crippen molar-refractivity contribution in [1.29, 1.82) is 0 Å². The molecule has 5 heteroatoms. The molecule has 1 amide bonds. The molecule has 0 bridgehead atoms. The van der Waals surface area contributed by atoms with Gasteiger partial charge in [0.05, 0.1) is 6.54 Å². The van der Waals surface area contributed by atoms with E-state index in [1.165, 1.54) is 0 Å². The highest BCUT2D eigenvalue weighted by Crippen LogP contribution is 2.25. The van der Waals surface area contributed by atoms with E-state index in [9.17, 15) is 4.79 Å². The van der Waals surface area contributed by atoms with Crippen LogP contribution in [0.3, 0.4) is 0 Å². The average molecular weight is 264 g/mol. The number of carbonyl (C=O) groups is 1. The molecule has 0 spiro atoms. The van der Waals surface area contributed by atoms with Crippen molar-refractivity contribution in [1.82, 2.24) is 19.8 Å². The van der Waals surface area contributed by atoms with Crippen molar-refractivity contribution >= 4 is 5.91 Å². The van der Waals surface area contributed by atoms with Crippen molar-refractivity contribution in [3.8, 4) is 0 Å². The van der Waals surface area contributed by atoms with Crippen LogP contribution in [0.2, 0.25) is 0 Å². The van der Waals surface area contributed by atoms with Crippen LogP contribution in [0, 0.1) is 5.92 Å². The second kappa shape index (κ2) is 6.19. The average Bonchev–Trinajstić information content (AvgIpc) is 3.11. The van der Waals surface area contributed by atoms with Crippen LogP contribution in [0.5, 0.6) is 0 Å². The van der Waals surface area contributed by atoms with E-state index >= 15 is 0 Å². The Morgan fingerprint density at radius 3 is 2.95 bits per heavy atom. The Kier molecular flexibility index (Phi) is 4.58. The van der Waals surface area contributed by atoms with Gasteiger partial charge in [0.25, 0.3) is 0 Å². The van der Waals surface area contributed by atoms with Gasteiger partial charge in [-0.15, -0.1) is 0 Å². The lowest BCUT2D eigenvalue weighted by atomic mass is 10.2. The van der Waals surface area contributed by atoms with Gasteiger partial charge in [-0.25, -0.2) is 4.98 Å². The fourth-order valence-corrected chi connectivity index (χ4v) is 2.05. The van der Waals surface area contributed by atoms with E-state index in [0.717, 1.165) is 25.2 Å². The highest BCUT2D eigenvalue weighted by Gasteiger charge is 2.29. The van der Waals surface area contributed by atoms with E-state index < -0.39 is 0 Å². The summed E-state index contributed by atoms with van der Waals surface area (Å²) in [4.78, 5) is 18.3. The van der Waals surface area contributed by atoms with Crippen molar-refractivity contribution in [3.05, 3.63) is 18.2 Å². The van der Waals surface area contributed by atoms with Crippen LogP contribution >= 0.6 is 0 Å². The minimum Gasteiger partial charge on any atom is -0.341 e. The van der Waals surface area contributed by atoms with Gasteiger partial charge < -0.3 is 14.8 Å². The summed E-state index contributed by atoms with van der Waals surface area (Å²) in [5.41, 5.74) is 0. The number of nitrogens with zero attached hydrogens (tertiary/aromatic N) is 3. The molecule has 0 aromatic carbocycles. The fraction of sp³-hybridized carbons (Fsp3) is 0.714. The first-order valence-electron chi connectivity index (χ1n) is 7.04. The molecule has 1 N–H and O–H groups in total. The number of amides is 1. The molecular weight excluding hydrogens is 240 g/mol. The normalized spacial score (nSPS) is 14.9. The van der Waals surface area contributed by atoms with Gasteiger partial charge in [-0.05, 0) is 25.3 Å². The van der Waals surface area contributed by atoms with E-state index in [1.54, 1.807) is 6.20 Å². The van der Waals surface area contributed by atoms with Gasteiger partial charge in [-0.3, -0.25) is 4.79 Å². The minimum absolute atomic E-state index is 0.172. The molecule has 0 unspecified atom stereocenters. The second-order valence-corrected chi connectivity index (χ2v) is 5.73. The van der Waals surface area contributed by atoms with Gasteiger partial charge in [0.1, 0.15) is 12.4 Å². The van der Waals surface area contributed by atoms with E-state index in [4.69, 9.17) is 0 Å². The second-order valence-electron chi connectivity index (χ2n) is 5.73. The SMILES string of the molecule is CC(C)CNCc1nccn1CC(=O)N(C)C1CC1. The molecule has 19 heavy (non-hydrogen) atoms. The van der Waals surface area contributed by atoms with Crippen LogP contribution < -0.4 is 5.32 Å². The molecule has 0 atom stereocenters. The van der Waals surface area contributed by atoms with Crippen molar-refractivity contribution in [3.63, 3.8) is 0 Å². The van der Waals surface area contributed by atoms with Crippen LogP contribution in [0.4, 0.5) is 0 Å². The Labute approximate surface area is 115 Å². The molecular formula is C14H24N4O. The van der Waals surface area contributed by atoms with Crippen LogP contribution in [0.15, 0.2) is 12.4 Å². The molecule has 1 aliphatic rings. The van der Waals surface area contributed by atoms with E-state index in [-0.39, 0.29) is 5.91 Å². The van der Waals surface area contributed by atoms with Gasteiger partial charge >= 0.3 is 0 Å². The lowest BCUT2D eigenvalue weighted by Crippen LogP contribution is -2.32. The molecule has 0 aliphatic heterocycles. The molecule has 106 valence electrons. The first kappa shape index (κ1) is 14.1. The number of hydrogen-bond donors (Lipinski definition) is 1. The summed E-state index contributed by atoms with van der Waals surface area (Å²) in [5.74, 6) is 1.72. The highest BCUT2D eigenvalue weighted by atomic mass is 16.2. The molecule has 0 saturated heterocycles. The third-order valence-electron chi connectivity index (χ3n) is 3.43. The van der Waals surface area contributed by atoms with Crippen LogP contribution in [-0.2, 0) is 17.9 Å². The Morgan fingerprint density at radius 1 is 1.58 bits per heavy atom. The molecule has 1 aliphatic carbocycles. The van der Waals surface area contributed by atoms with Gasteiger partial charge in [-0.1, -0.05) is 13.8 Å². The van der Waals surface area contributed by atoms with Crippen LogP contribution in [0.1, 0.15) is 32.5 Å². The monoisotopic (exact) mass is 264 g/mol. The van der Waals surface area contributed by atoms with Gasteiger partial charge in [-0.2, -0.15) is 0 Å². The number of hydrogen-bond acceptors (Lipinski definition) is 3. The molecule has 1 saturated carbocycles. The molecule has 1 aromatic heterocycles. The largest absolute Gasteiger partial charge is 0.341 e. The maximum Gasteiger partial charge on any atom is 0.242 e. The summed E-state index contributed by atoms with van der Waals surface area (Å²) in [6.07, 6.45) is 5.94. The van der Waals surface area contributed by atoms with Gasteiger partial charge in [0.15, 0.2) is 0 Å². The topological polar surface area (TPSA) is 50.2 Å². The summed E-state index contributed by atoms with van der Waals surface area (Å²) in [6.45, 7) is 6.42. The number of carbonyl (C=O) groups excluding carboxylic acids is 1. The molecule has 1 heterocycles. The summed E-state index contributed by atoms with van der Waals surface area (Å²) in [7, 11) is 1.90. The molecule has 5 nitrogen and oxygen atoms in total. The summed E-state index contributed by atoms with van der Waals surface area (Å²) >= 11 is 0. The highest BCUT2D eigenvalue weighted by molar-refractivity contribution is 5.76. The summed E-state index contributed by atoms with van der Waals surface area (Å²) < 4.78 is 1.94. The Balaban J connectivity index is 1.86. The third-order valence-corrected chi connectivity index (χ3v) is 3.43.